The molecule has 0 aromatic heterocycles. The van der Waals surface area contributed by atoms with Crippen LogP contribution in [0.15, 0.2) is 18.2 Å². The van der Waals surface area contributed by atoms with E-state index in [1.54, 1.807) is 19.1 Å². The van der Waals surface area contributed by atoms with Crippen LogP contribution in [0.3, 0.4) is 0 Å². The standard InChI is InChI=1S/C17H28O4S/c1-3-4-5-6-7-8-9-13-17(22(19,20)21)15-11-10-12-16(18)14(15)2/h10-12,17-18H,3-9,13H2,1-2H3,(H,19,20,21). The Balaban J connectivity index is 2.62. The highest BCUT2D eigenvalue weighted by atomic mass is 32.2. The molecule has 1 unspecified atom stereocenters. The number of phenolic OH excluding ortho intramolecular Hbond substituents is 1. The van der Waals surface area contributed by atoms with Crippen molar-refractivity contribution in [2.24, 2.45) is 0 Å². The molecule has 0 bridgehead atoms. The van der Waals surface area contributed by atoms with Gasteiger partial charge >= 0.3 is 0 Å². The summed E-state index contributed by atoms with van der Waals surface area (Å²) in [5.74, 6) is 0.0608. The van der Waals surface area contributed by atoms with Gasteiger partial charge in [0.1, 0.15) is 11.0 Å². The molecule has 1 atom stereocenters. The molecule has 0 heterocycles. The van der Waals surface area contributed by atoms with Gasteiger partial charge in [0.15, 0.2) is 0 Å². The van der Waals surface area contributed by atoms with Crippen LogP contribution in [0.25, 0.3) is 0 Å². The molecule has 0 saturated heterocycles. The van der Waals surface area contributed by atoms with Gasteiger partial charge in [-0.25, -0.2) is 0 Å². The van der Waals surface area contributed by atoms with E-state index in [0.717, 1.165) is 19.3 Å². The van der Waals surface area contributed by atoms with Crippen molar-refractivity contribution in [3.05, 3.63) is 29.3 Å². The summed E-state index contributed by atoms with van der Waals surface area (Å²) in [4.78, 5) is 0. The van der Waals surface area contributed by atoms with E-state index >= 15 is 0 Å². The summed E-state index contributed by atoms with van der Waals surface area (Å²) in [5, 5.41) is 8.78. The molecule has 0 saturated carbocycles. The van der Waals surface area contributed by atoms with Gasteiger partial charge in [0.05, 0.1) is 0 Å². The first kappa shape index (κ1) is 19.0. The van der Waals surface area contributed by atoms with Crippen molar-refractivity contribution in [2.75, 3.05) is 0 Å². The zero-order valence-corrected chi connectivity index (χ0v) is 14.4. The van der Waals surface area contributed by atoms with Crippen LogP contribution in [0.1, 0.15) is 74.7 Å². The second kappa shape index (κ2) is 9.16. The Kier molecular flexibility index (Phi) is 7.90. The molecule has 126 valence electrons. The molecule has 4 nitrogen and oxygen atoms in total. The Bertz CT molecular complexity index is 552. The Morgan fingerprint density at radius 2 is 1.64 bits per heavy atom. The van der Waals surface area contributed by atoms with E-state index in [4.69, 9.17) is 0 Å². The van der Waals surface area contributed by atoms with E-state index in [9.17, 15) is 18.1 Å². The molecule has 0 aliphatic carbocycles. The van der Waals surface area contributed by atoms with Crippen LogP contribution < -0.4 is 0 Å². The molecule has 0 spiro atoms. The third kappa shape index (κ3) is 5.97. The Morgan fingerprint density at radius 3 is 2.23 bits per heavy atom. The summed E-state index contributed by atoms with van der Waals surface area (Å²) in [6.45, 7) is 3.85. The van der Waals surface area contributed by atoms with Crippen LogP contribution in [0, 0.1) is 6.92 Å². The number of phenols is 1. The summed E-state index contributed by atoms with van der Waals surface area (Å²) in [5.41, 5.74) is 1.02. The van der Waals surface area contributed by atoms with Crippen molar-refractivity contribution in [3.8, 4) is 5.75 Å². The van der Waals surface area contributed by atoms with E-state index in [1.807, 2.05) is 0 Å². The van der Waals surface area contributed by atoms with Gasteiger partial charge in [-0.3, -0.25) is 4.55 Å². The van der Waals surface area contributed by atoms with Crippen molar-refractivity contribution in [1.82, 2.24) is 0 Å². The fraction of sp³-hybridized carbons (Fsp3) is 0.647. The maximum Gasteiger partial charge on any atom is 0.272 e. The lowest BCUT2D eigenvalue weighted by Crippen LogP contribution is -2.13. The lowest BCUT2D eigenvalue weighted by molar-refractivity contribution is 0.454. The first-order valence-electron chi connectivity index (χ1n) is 8.12. The normalized spacial score (nSPS) is 13.2. The Labute approximate surface area is 134 Å². The highest BCUT2D eigenvalue weighted by Crippen LogP contribution is 2.33. The highest BCUT2D eigenvalue weighted by Gasteiger charge is 2.26. The minimum absolute atomic E-state index is 0.0608. The molecule has 0 radical (unpaired) electrons. The lowest BCUT2D eigenvalue weighted by atomic mass is 10.00. The fourth-order valence-electron chi connectivity index (χ4n) is 2.74. The molecule has 0 aliphatic rings. The number of hydrogen-bond acceptors (Lipinski definition) is 3. The third-order valence-electron chi connectivity index (χ3n) is 4.12. The number of aromatic hydroxyl groups is 1. The number of rotatable bonds is 10. The molecule has 1 aromatic carbocycles. The van der Waals surface area contributed by atoms with Crippen molar-refractivity contribution in [3.63, 3.8) is 0 Å². The van der Waals surface area contributed by atoms with Gasteiger partial charge in [-0.05, 0) is 30.5 Å². The van der Waals surface area contributed by atoms with Gasteiger partial charge in [0.25, 0.3) is 10.1 Å². The lowest BCUT2D eigenvalue weighted by Gasteiger charge is -2.17. The first-order chi connectivity index (χ1) is 10.4. The molecule has 2 N–H and O–H groups in total. The SMILES string of the molecule is CCCCCCCCCC(c1cccc(O)c1C)S(=O)(=O)O. The van der Waals surface area contributed by atoms with Crippen molar-refractivity contribution in [1.29, 1.82) is 0 Å². The summed E-state index contributed by atoms with van der Waals surface area (Å²) in [6, 6.07) is 4.79. The van der Waals surface area contributed by atoms with Gasteiger partial charge < -0.3 is 5.11 Å². The molecular weight excluding hydrogens is 300 g/mol. The maximum atomic E-state index is 11.7. The predicted octanol–water partition coefficient (Wildman–Crippen LogP) is 4.77. The molecule has 5 heteroatoms. The minimum Gasteiger partial charge on any atom is -0.508 e. The van der Waals surface area contributed by atoms with E-state index in [-0.39, 0.29) is 5.75 Å². The summed E-state index contributed by atoms with van der Waals surface area (Å²) in [7, 11) is -4.17. The van der Waals surface area contributed by atoms with Crippen LogP contribution >= 0.6 is 0 Å². The van der Waals surface area contributed by atoms with Gasteiger partial charge in [-0.15, -0.1) is 0 Å². The Morgan fingerprint density at radius 1 is 1.05 bits per heavy atom. The van der Waals surface area contributed by atoms with Gasteiger partial charge in [0.2, 0.25) is 0 Å². The predicted molar refractivity (Wildman–Crippen MR) is 89.7 cm³/mol. The van der Waals surface area contributed by atoms with Crippen molar-refractivity contribution in [2.45, 2.75) is 70.5 Å². The van der Waals surface area contributed by atoms with E-state index < -0.39 is 15.4 Å². The topological polar surface area (TPSA) is 74.6 Å². The molecule has 0 fully saturated rings. The van der Waals surface area contributed by atoms with E-state index in [0.29, 0.717) is 17.5 Å². The number of unbranched alkanes of at least 4 members (excludes halogenated alkanes) is 6. The fourth-order valence-corrected chi connectivity index (χ4v) is 3.78. The number of hydrogen-bond donors (Lipinski definition) is 2. The first-order valence-corrected chi connectivity index (χ1v) is 9.63. The summed E-state index contributed by atoms with van der Waals surface area (Å²) in [6.07, 6.45) is 8.06. The molecule has 0 aliphatic heterocycles. The van der Waals surface area contributed by atoms with Crippen LogP contribution in [-0.4, -0.2) is 18.1 Å². The smallest absolute Gasteiger partial charge is 0.272 e. The minimum atomic E-state index is -4.17. The third-order valence-corrected chi connectivity index (χ3v) is 5.33. The van der Waals surface area contributed by atoms with Gasteiger partial charge in [-0.1, -0.05) is 64.0 Å². The largest absolute Gasteiger partial charge is 0.508 e. The maximum absolute atomic E-state index is 11.7. The molecule has 22 heavy (non-hydrogen) atoms. The van der Waals surface area contributed by atoms with Gasteiger partial charge in [-0.2, -0.15) is 8.42 Å². The zero-order valence-electron chi connectivity index (χ0n) is 13.6. The van der Waals surface area contributed by atoms with Crippen LogP contribution in [-0.2, 0) is 10.1 Å². The summed E-state index contributed by atoms with van der Waals surface area (Å²) < 4.78 is 32.9. The van der Waals surface area contributed by atoms with Gasteiger partial charge in [0, 0.05) is 0 Å². The number of benzene rings is 1. The van der Waals surface area contributed by atoms with Crippen LogP contribution in [0.5, 0.6) is 5.75 Å². The van der Waals surface area contributed by atoms with Crippen molar-refractivity contribution < 1.29 is 18.1 Å². The van der Waals surface area contributed by atoms with E-state index in [2.05, 4.69) is 6.92 Å². The highest BCUT2D eigenvalue weighted by molar-refractivity contribution is 7.86. The Hall–Kier alpha value is -1.07. The van der Waals surface area contributed by atoms with Crippen LogP contribution in [0.2, 0.25) is 0 Å². The second-order valence-electron chi connectivity index (χ2n) is 5.90. The average Bonchev–Trinajstić information content (AvgIpc) is 2.44. The van der Waals surface area contributed by atoms with Crippen LogP contribution in [0.4, 0.5) is 0 Å². The molecular formula is C17H28O4S. The monoisotopic (exact) mass is 328 g/mol. The zero-order chi connectivity index (χ0) is 16.6. The summed E-state index contributed by atoms with van der Waals surface area (Å²) >= 11 is 0. The molecule has 1 rings (SSSR count). The molecule has 0 amide bonds. The quantitative estimate of drug-likeness (QED) is 0.479. The van der Waals surface area contributed by atoms with Crippen molar-refractivity contribution >= 4 is 10.1 Å². The second-order valence-corrected chi connectivity index (χ2v) is 7.50. The average molecular weight is 328 g/mol. The van der Waals surface area contributed by atoms with E-state index in [1.165, 1.54) is 31.7 Å². The molecule has 1 aromatic rings.